The summed E-state index contributed by atoms with van der Waals surface area (Å²) >= 11 is 0. The van der Waals surface area contributed by atoms with Gasteiger partial charge in [-0.05, 0) is 17.7 Å². The van der Waals surface area contributed by atoms with Crippen LogP contribution in [0.15, 0.2) is 18.2 Å². The van der Waals surface area contributed by atoms with E-state index in [4.69, 9.17) is 9.47 Å². The molecule has 1 atom stereocenters. The van der Waals surface area contributed by atoms with Gasteiger partial charge in [-0.3, -0.25) is 9.69 Å². The number of hydrogen-bond acceptors (Lipinski definition) is 5. The molecule has 3 rings (SSSR count). The number of benzene rings is 1. The summed E-state index contributed by atoms with van der Waals surface area (Å²) < 4.78 is 10.6. The minimum Gasteiger partial charge on any atom is -0.480 e. The number of fused-ring (bicyclic) bond motifs is 1. The molecule has 2 N–H and O–H groups in total. The highest BCUT2D eigenvalue weighted by molar-refractivity contribution is 5.76. The summed E-state index contributed by atoms with van der Waals surface area (Å²) in [5.74, 6) is 0.466. The van der Waals surface area contributed by atoms with Crippen molar-refractivity contribution in [2.24, 2.45) is 0 Å². The van der Waals surface area contributed by atoms with E-state index in [1.54, 1.807) is 18.2 Å². The molecule has 102 valence electrons. The Hall–Kier alpha value is -1.79. The number of carbonyl (C=O) groups is 1. The van der Waals surface area contributed by atoms with Crippen LogP contribution in [0.2, 0.25) is 0 Å². The third kappa shape index (κ3) is 2.36. The number of nitrogens with one attached hydrogen (secondary N) is 1. The summed E-state index contributed by atoms with van der Waals surface area (Å²) in [4.78, 5) is 13.5. The maximum absolute atomic E-state index is 11.6. The normalized spacial score (nSPS) is 20.2. The SMILES string of the molecule is O=C(O)C(c1ccc2c(c1)OCO2)N1CCNCC1. The minimum absolute atomic E-state index is 0.199. The molecule has 2 aliphatic heterocycles. The Morgan fingerprint density at radius 3 is 2.74 bits per heavy atom. The molecule has 1 saturated heterocycles. The Balaban J connectivity index is 1.89. The predicted molar refractivity (Wildman–Crippen MR) is 67.4 cm³/mol. The van der Waals surface area contributed by atoms with Crippen LogP contribution in [-0.2, 0) is 4.79 Å². The van der Waals surface area contributed by atoms with Crippen LogP contribution in [0, 0.1) is 0 Å². The van der Waals surface area contributed by atoms with Crippen molar-refractivity contribution in [1.29, 1.82) is 0 Å². The van der Waals surface area contributed by atoms with Gasteiger partial charge in [0, 0.05) is 26.2 Å². The van der Waals surface area contributed by atoms with Gasteiger partial charge in [0.15, 0.2) is 11.5 Å². The predicted octanol–water partition coefficient (Wildman–Crippen LogP) is 0.446. The van der Waals surface area contributed by atoms with Crippen molar-refractivity contribution in [3.63, 3.8) is 0 Å². The molecule has 1 unspecified atom stereocenters. The monoisotopic (exact) mass is 264 g/mol. The first-order valence-electron chi connectivity index (χ1n) is 6.33. The van der Waals surface area contributed by atoms with Crippen LogP contribution in [0.4, 0.5) is 0 Å². The zero-order valence-corrected chi connectivity index (χ0v) is 10.5. The molecule has 6 heteroatoms. The average molecular weight is 264 g/mol. The first kappa shape index (κ1) is 12.3. The maximum Gasteiger partial charge on any atom is 0.325 e. The summed E-state index contributed by atoms with van der Waals surface area (Å²) in [5, 5.41) is 12.7. The summed E-state index contributed by atoms with van der Waals surface area (Å²) in [6, 6.07) is 4.71. The highest BCUT2D eigenvalue weighted by atomic mass is 16.7. The van der Waals surface area contributed by atoms with Crippen molar-refractivity contribution >= 4 is 5.97 Å². The fraction of sp³-hybridized carbons (Fsp3) is 0.462. The van der Waals surface area contributed by atoms with E-state index in [0.717, 1.165) is 31.7 Å². The summed E-state index contributed by atoms with van der Waals surface area (Å²) in [7, 11) is 0. The van der Waals surface area contributed by atoms with Crippen molar-refractivity contribution < 1.29 is 19.4 Å². The third-order valence-electron chi connectivity index (χ3n) is 3.46. The second-order valence-electron chi connectivity index (χ2n) is 4.64. The van der Waals surface area contributed by atoms with Crippen molar-refractivity contribution in [3.05, 3.63) is 23.8 Å². The van der Waals surface area contributed by atoms with E-state index >= 15 is 0 Å². The molecule has 1 fully saturated rings. The second kappa shape index (κ2) is 5.07. The zero-order valence-electron chi connectivity index (χ0n) is 10.5. The van der Waals surface area contributed by atoms with E-state index in [-0.39, 0.29) is 6.79 Å². The molecule has 0 radical (unpaired) electrons. The van der Waals surface area contributed by atoms with Crippen LogP contribution in [0.25, 0.3) is 0 Å². The number of nitrogens with zero attached hydrogens (tertiary/aromatic N) is 1. The van der Waals surface area contributed by atoms with Crippen LogP contribution in [0.3, 0.4) is 0 Å². The van der Waals surface area contributed by atoms with Crippen LogP contribution < -0.4 is 14.8 Å². The van der Waals surface area contributed by atoms with Crippen molar-refractivity contribution in [2.75, 3.05) is 33.0 Å². The van der Waals surface area contributed by atoms with Gasteiger partial charge in [0.2, 0.25) is 6.79 Å². The number of aliphatic carboxylic acids is 1. The van der Waals surface area contributed by atoms with Gasteiger partial charge in [-0.15, -0.1) is 0 Å². The van der Waals surface area contributed by atoms with Gasteiger partial charge in [-0.25, -0.2) is 0 Å². The number of piperazine rings is 1. The van der Waals surface area contributed by atoms with Gasteiger partial charge in [0.25, 0.3) is 0 Å². The van der Waals surface area contributed by atoms with E-state index in [0.29, 0.717) is 11.5 Å². The molecule has 2 aliphatic rings. The van der Waals surface area contributed by atoms with Gasteiger partial charge < -0.3 is 19.9 Å². The quantitative estimate of drug-likeness (QED) is 0.826. The van der Waals surface area contributed by atoms with E-state index in [9.17, 15) is 9.90 Å². The molecule has 1 aromatic rings. The molecule has 0 aliphatic carbocycles. The Labute approximate surface area is 110 Å². The lowest BCUT2D eigenvalue weighted by Crippen LogP contribution is -2.47. The van der Waals surface area contributed by atoms with E-state index in [2.05, 4.69) is 5.32 Å². The van der Waals surface area contributed by atoms with Crippen molar-refractivity contribution in [3.8, 4) is 11.5 Å². The first-order chi connectivity index (χ1) is 9.25. The second-order valence-corrected chi connectivity index (χ2v) is 4.64. The van der Waals surface area contributed by atoms with E-state index < -0.39 is 12.0 Å². The fourth-order valence-electron chi connectivity index (χ4n) is 2.53. The molecular weight excluding hydrogens is 248 g/mol. The molecule has 6 nitrogen and oxygen atoms in total. The average Bonchev–Trinajstić information content (AvgIpc) is 2.87. The van der Waals surface area contributed by atoms with Gasteiger partial charge in [0.05, 0.1) is 0 Å². The molecule has 0 bridgehead atoms. The lowest BCUT2D eigenvalue weighted by Gasteiger charge is -2.32. The van der Waals surface area contributed by atoms with Crippen LogP contribution in [-0.4, -0.2) is 48.9 Å². The number of rotatable bonds is 3. The van der Waals surface area contributed by atoms with Crippen molar-refractivity contribution in [2.45, 2.75) is 6.04 Å². The number of hydrogen-bond donors (Lipinski definition) is 2. The lowest BCUT2D eigenvalue weighted by atomic mass is 10.0. The molecule has 2 heterocycles. The molecule has 0 amide bonds. The Morgan fingerprint density at radius 2 is 2.00 bits per heavy atom. The Morgan fingerprint density at radius 1 is 1.26 bits per heavy atom. The van der Waals surface area contributed by atoms with Gasteiger partial charge in [-0.2, -0.15) is 0 Å². The van der Waals surface area contributed by atoms with E-state index in [1.807, 2.05) is 4.90 Å². The highest BCUT2D eigenvalue weighted by Crippen LogP contribution is 2.35. The van der Waals surface area contributed by atoms with Crippen LogP contribution >= 0.6 is 0 Å². The van der Waals surface area contributed by atoms with E-state index in [1.165, 1.54) is 0 Å². The van der Waals surface area contributed by atoms with Gasteiger partial charge in [-0.1, -0.05) is 6.07 Å². The highest BCUT2D eigenvalue weighted by Gasteiger charge is 2.29. The summed E-state index contributed by atoms with van der Waals surface area (Å²) in [6.45, 7) is 3.28. The fourth-order valence-corrected chi connectivity index (χ4v) is 2.53. The van der Waals surface area contributed by atoms with Crippen LogP contribution in [0.5, 0.6) is 11.5 Å². The molecule has 1 aromatic carbocycles. The van der Waals surface area contributed by atoms with Gasteiger partial charge in [0.1, 0.15) is 6.04 Å². The van der Waals surface area contributed by atoms with Crippen LogP contribution in [0.1, 0.15) is 11.6 Å². The topological polar surface area (TPSA) is 71.0 Å². The molecule has 0 spiro atoms. The Bertz CT molecular complexity index is 486. The molecule has 0 saturated carbocycles. The molecular formula is C13H16N2O4. The lowest BCUT2D eigenvalue weighted by molar-refractivity contribution is -0.143. The Kier molecular flexibility index (Phi) is 3.27. The zero-order chi connectivity index (χ0) is 13.2. The number of carboxylic acids is 1. The third-order valence-corrected chi connectivity index (χ3v) is 3.46. The number of carboxylic acid groups (broad SMARTS) is 1. The standard InChI is InChI=1S/C13H16N2O4/c16-13(17)12(15-5-3-14-4-6-15)9-1-2-10-11(7-9)19-8-18-10/h1-2,7,12,14H,3-6,8H2,(H,16,17). The smallest absolute Gasteiger partial charge is 0.325 e. The summed E-state index contributed by atoms with van der Waals surface area (Å²) in [6.07, 6.45) is 0. The summed E-state index contributed by atoms with van der Waals surface area (Å²) in [5.41, 5.74) is 0.735. The first-order valence-corrected chi connectivity index (χ1v) is 6.33. The van der Waals surface area contributed by atoms with Crippen molar-refractivity contribution in [1.82, 2.24) is 10.2 Å². The largest absolute Gasteiger partial charge is 0.480 e. The number of ether oxygens (including phenoxy) is 2. The molecule has 0 aromatic heterocycles. The van der Waals surface area contributed by atoms with Gasteiger partial charge >= 0.3 is 5.97 Å². The minimum atomic E-state index is -0.833. The molecule has 19 heavy (non-hydrogen) atoms. The maximum atomic E-state index is 11.6.